The first-order valence-corrected chi connectivity index (χ1v) is 5.95. The van der Waals surface area contributed by atoms with Crippen LogP contribution in [-0.4, -0.2) is 0 Å². The third kappa shape index (κ3) is 3.19. The second kappa shape index (κ2) is 4.36. The van der Waals surface area contributed by atoms with Crippen LogP contribution in [0.5, 0.6) is 0 Å². The van der Waals surface area contributed by atoms with Crippen molar-refractivity contribution in [1.29, 1.82) is 0 Å². The first kappa shape index (κ1) is 13.5. The molecule has 0 amide bonds. The van der Waals surface area contributed by atoms with Gasteiger partial charge in [-0.3, -0.25) is 0 Å². The summed E-state index contributed by atoms with van der Waals surface area (Å²) in [5.41, 5.74) is 0. The fourth-order valence-electron chi connectivity index (χ4n) is 0.668. The molecular formula is C4CeO8P2. The van der Waals surface area contributed by atoms with Crippen LogP contribution in [0.4, 0.5) is 0 Å². The minimum Gasteiger partial charge on any atom is -0.738 e. The number of hydrogen-bond donors (Lipinski definition) is 0. The molecule has 0 bridgehead atoms. The average molecular weight is 378 g/mol. The van der Waals surface area contributed by atoms with E-state index in [-0.39, 0.29) is 41.7 Å². The van der Waals surface area contributed by atoms with Crippen molar-refractivity contribution in [3.05, 3.63) is 24.0 Å². The van der Waals surface area contributed by atoms with E-state index in [2.05, 4.69) is 18.1 Å². The van der Waals surface area contributed by atoms with Crippen molar-refractivity contribution in [3.8, 4) is 0 Å². The largest absolute Gasteiger partial charge is 4.00 e. The second-order valence-corrected chi connectivity index (χ2v) is 4.64. The van der Waals surface area contributed by atoms with Gasteiger partial charge in [0.15, 0.2) is 0 Å². The number of phosphoric ester groups is 2. The Balaban J connectivity index is 0.00000112. The number of rotatable bonds is 1. The zero-order valence-electron chi connectivity index (χ0n) is 6.66. The van der Waals surface area contributed by atoms with Gasteiger partial charge in [-0.1, -0.05) is 0 Å². The summed E-state index contributed by atoms with van der Waals surface area (Å²) in [5.74, 6) is -1.12. The van der Waals surface area contributed by atoms with Crippen LogP contribution in [0.25, 0.3) is 0 Å². The Morgan fingerprint density at radius 3 is 1.47 bits per heavy atom. The Labute approximate surface area is 117 Å². The minimum absolute atomic E-state index is 0. The normalized spacial score (nSPS) is 37.5. The molecule has 0 aromatic rings. The molecular weight excluding hydrogens is 378 g/mol. The smallest absolute Gasteiger partial charge is 0.738 e. The molecule has 0 spiro atoms. The maximum absolute atomic E-state index is 10.6. The molecule has 2 aliphatic rings. The van der Waals surface area contributed by atoms with Gasteiger partial charge in [-0.15, -0.1) is 24.0 Å². The Hall–Kier alpha value is 0.437. The van der Waals surface area contributed by atoms with Gasteiger partial charge >= 0.3 is 57.4 Å². The molecule has 0 aromatic carbocycles. The van der Waals surface area contributed by atoms with Gasteiger partial charge in [0.2, 0.25) is 0 Å². The maximum atomic E-state index is 10.6. The Kier molecular flexibility index (Phi) is 3.93. The molecule has 2 unspecified atom stereocenters. The summed E-state index contributed by atoms with van der Waals surface area (Å²) in [4.78, 5) is 21.1. The van der Waals surface area contributed by atoms with Gasteiger partial charge < -0.3 is 27.9 Å². The predicted octanol–water partition coefficient (Wildman–Crippen LogP) is -0.694. The minimum atomic E-state index is -4.48. The van der Waals surface area contributed by atoms with E-state index in [0.29, 0.717) is 0 Å². The third-order valence-corrected chi connectivity index (χ3v) is 2.55. The summed E-state index contributed by atoms with van der Waals surface area (Å²) in [6, 6.07) is 0. The zero-order valence-corrected chi connectivity index (χ0v) is 11.6. The molecule has 2 atom stereocenters. The fourth-order valence-corrected chi connectivity index (χ4v) is 1.82. The summed E-state index contributed by atoms with van der Waals surface area (Å²) in [6.45, 7) is 0. The Morgan fingerprint density at radius 1 is 0.933 bits per heavy atom. The van der Waals surface area contributed by atoms with Crippen molar-refractivity contribution in [2.75, 3.05) is 0 Å². The van der Waals surface area contributed by atoms with Gasteiger partial charge in [0.05, 0.1) is 0 Å². The van der Waals surface area contributed by atoms with Gasteiger partial charge in [0, 0.05) is 0 Å². The van der Waals surface area contributed by atoms with Crippen LogP contribution in [0.1, 0.15) is 0 Å². The van der Waals surface area contributed by atoms with E-state index >= 15 is 0 Å². The van der Waals surface area contributed by atoms with Crippen molar-refractivity contribution in [2.24, 2.45) is 0 Å². The summed E-state index contributed by atoms with van der Waals surface area (Å²) in [6.07, 6.45) is 3.56. The molecule has 11 heteroatoms. The van der Waals surface area contributed by atoms with Crippen LogP contribution in [-0.2, 0) is 27.2 Å². The van der Waals surface area contributed by atoms with E-state index in [0.717, 1.165) is 0 Å². The molecule has 2 heterocycles. The van der Waals surface area contributed by atoms with Crippen molar-refractivity contribution in [2.45, 2.75) is 0 Å². The van der Waals surface area contributed by atoms with Crippen molar-refractivity contribution in [3.63, 3.8) is 0 Å². The maximum Gasteiger partial charge on any atom is 4.00 e. The van der Waals surface area contributed by atoms with Crippen LogP contribution < -0.4 is 9.79 Å². The van der Waals surface area contributed by atoms with Crippen molar-refractivity contribution in [1.82, 2.24) is 0 Å². The van der Waals surface area contributed by atoms with Gasteiger partial charge in [-0.2, -0.15) is 0 Å². The number of phosphoric acid groups is 2. The molecule has 0 fully saturated rings. The monoisotopic (exact) mass is 378 g/mol. The van der Waals surface area contributed by atoms with Gasteiger partial charge in [0.25, 0.3) is 0 Å². The van der Waals surface area contributed by atoms with E-state index in [1.807, 2.05) is 0 Å². The van der Waals surface area contributed by atoms with Gasteiger partial charge in [-0.05, 0) is 0 Å². The standard InChI is InChI=1S/C4H2O8P2.Ce/c5-13(6)9-1-3(11-13)4-2-10-14(7,8)12-4;/h(H,5,6)(H,7,8);/q-2;+4/p-2. The first-order chi connectivity index (χ1) is 6.38. The van der Waals surface area contributed by atoms with Crippen LogP contribution in [0, 0.1) is 54.3 Å². The average Bonchev–Trinajstić information content (AvgIpc) is 2.54. The zero-order chi connectivity index (χ0) is 10.4. The Morgan fingerprint density at radius 2 is 1.27 bits per heavy atom. The van der Waals surface area contributed by atoms with E-state index in [1.54, 1.807) is 12.5 Å². The van der Waals surface area contributed by atoms with Crippen molar-refractivity contribution >= 4 is 15.6 Å². The molecule has 0 aromatic heterocycles. The molecule has 2 aliphatic heterocycles. The third-order valence-electron chi connectivity index (χ3n) is 1.11. The predicted molar refractivity (Wildman–Crippen MR) is 33.1 cm³/mol. The summed E-state index contributed by atoms with van der Waals surface area (Å²) < 4.78 is 37.3. The molecule has 0 N–H and O–H groups in total. The molecule has 8 nitrogen and oxygen atoms in total. The summed E-state index contributed by atoms with van der Waals surface area (Å²) in [5, 5.41) is 0. The van der Waals surface area contributed by atoms with Crippen LogP contribution >= 0.6 is 15.6 Å². The Bertz CT molecular complexity index is 386. The van der Waals surface area contributed by atoms with Crippen LogP contribution in [0.3, 0.4) is 0 Å². The fraction of sp³-hybridized carbons (Fsp3) is 0. The van der Waals surface area contributed by atoms with E-state index in [9.17, 15) is 18.9 Å². The summed E-state index contributed by atoms with van der Waals surface area (Å²) in [7, 11) is -8.96. The van der Waals surface area contributed by atoms with Gasteiger partial charge in [-0.25, -0.2) is 9.13 Å². The second-order valence-electron chi connectivity index (χ2n) is 2.12. The molecule has 2 rings (SSSR count). The molecule has 0 radical (unpaired) electrons. The summed E-state index contributed by atoms with van der Waals surface area (Å²) >= 11 is 0. The topological polar surface area (TPSA) is 117 Å². The first-order valence-electron chi connectivity index (χ1n) is 3.03. The van der Waals surface area contributed by atoms with E-state index < -0.39 is 27.2 Å². The molecule has 78 valence electrons. The van der Waals surface area contributed by atoms with Crippen molar-refractivity contribution < 1.29 is 78.8 Å². The molecule has 0 aliphatic carbocycles. The molecule has 0 saturated heterocycles. The van der Waals surface area contributed by atoms with Crippen LogP contribution in [0.2, 0.25) is 0 Å². The van der Waals surface area contributed by atoms with E-state index in [4.69, 9.17) is 0 Å². The molecule has 0 saturated carbocycles. The quantitative estimate of drug-likeness (QED) is 0.435. The molecule has 15 heavy (non-hydrogen) atoms. The van der Waals surface area contributed by atoms with Crippen LogP contribution in [0.15, 0.2) is 11.5 Å². The van der Waals surface area contributed by atoms with E-state index in [1.165, 1.54) is 0 Å². The SMILES string of the molecule is O=P1([O-])O[C-]=C(C2=[C-]OP(=O)([O-])O2)O1.[Ce+4]. The number of hydrogen-bond acceptors (Lipinski definition) is 8. The van der Waals surface area contributed by atoms with Gasteiger partial charge in [0.1, 0.15) is 0 Å².